The molecule has 0 saturated carbocycles. The first-order valence-corrected chi connectivity index (χ1v) is 8.06. The van der Waals surface area contributed by atoms with Gasteiger partial charge in [0.25, 0.3) is 11.6 Å². The van der Waals surface area contributed by atoms with Gasteiger partial charge in [-0.1, -0.05) is 30.3 Å². The third-order valence-electron chi connectivity index (χ3n) is 3.60. The fourth-order valence-corrected chi connectivity index (χ4v) is 2.82. The van der Waals surface area contributed by atoms with Crippen LogP contribution in [-0.2, 0) is 4.74 Å². The van der Waals surface area contributed by atoms with Gasteiger partial charge in [0.2, 0.25) is 0 Å². The zero-order chi connectivity index (χ0) is 17.7. The van der Waals surface area contributed by atoms with Crippen LogP contribution in [0.15, 0.2) is 53.0 Å². The van der Waals surface area contributed by atoms with Gasteiger partial charge in [-0.25, -0.2) is 0 Å². The summed E-state index contributed by atoms with van der Waals surface area (Å²) in [4.78, 5) is 22.8. The van der Waals surface area contributed by atoms with Crippen LogP contribution in [0.5, 0.6) is 0 Å². The summed E-state index contributed by atoms with van der Waals surface area (Å²) in [6.07, 6.45) is -0.319. The molecular weight excluding hydrogens is 376 g/mol. The maximum Gasteiger partial charge on any atom is 0.284 e. The first kappa shape index (κ1) is 18.1. The van der Waals surface area contributed by atoms with Crippen LogP contribution in [0.3, 0.4) is 0 Å². The number of nitrogens with one attached hydrogen (secondary N) is 1. The molecule has 0 heterocycles. The van der Waals surface area contributed by atoms with Crippen molar-refractivity contribution in [3.63, 3.8) is 0 Å². The number of amides is 1. The second-order valence-electron chi connectivity index (χ2n) is 5.25. The minimum atomic E-state index is -0.535. The van der Waals surface area contributed by atoms with Crippen molar-refractivity contribution in [3.8, 4) is 0 Å². The summed E-state index contributed by atoms with van der Waals surface area (Å²) in [6.45, 7) is 1.83. The number of rotatable bonds is 6. The molecule has 2 rings (SSSR count). The van der Waals surface area contributed by atoms with E-state index in [1.165, 1.54) is 18.2 Å². The highest BCUT2D eigenvalue weighted by Gasteiger charge is 2.22. The van der Waals surface area contributed by atoms with Gasteiger partial charge in [0.05, 0.1) is 15.4 Å². The summed E-state index contributed by atoms with van der Waals surface area (Å²) in [5.74, 6) is -0.393. The van der Waals surface area contributed by atoms with E-state index in [2.05, 4.69) is 21.2 Å². The van der Waals surface area contributed by atoms with E-state index in [0.29, 0.717) is 4.47 Å². The molecule has 0 aliphatic carbocycles. The number of carbonyl (C=O) groups excluding carboxylic acids is 1. The fraction of sp³-hybridized carbons (Fsp3) is 0.235. The van der Waals surface area contributed by atoms with Crippen molar-refractivity contribution in [2.24, 2.45) is 0 Å². The van der Waals surface area contributed by atoms with Crippen LogP contribution in [-0.4, -0.2) is 24.0 Å². The molecule has 7 heteroatoms. The summed E-state index contributed by atoms with van der Waals surface area (Å²) < 4.78 is 5.82. The van der Waals surface area contributed by atoms with Gasteiger partial charge in [-0.05, 0) is 40.5 Å². The number of nitro groups is 1. The highest BCUT2D eigenvalue weighted by molar-refractivity contribution is 9.10. The first-order chi connectivity index (χ1) is 11.4. The number of benzene rings is 2. The Hall–Kier alpha value is -2.25. The van der Waals surface area contributed by atoms with Crippen LogP contribution < -0.4 is 5.32 Å². The van der Waals surface area contributed by atoms with Gasteiger partial charge in [0, 0.05) is 18.7 Å². The molecule has 6 nitrogen and oxygen atoms in total. The SMILES string of the molecule is COC(c1ccccc1)C(C)NC(=O)c1ccc(Br)c([N+](=O)[O-])c1. The molecule has 0 aromatic heterocycles. The summed E-state index contributed by atoms with van der Waals surface area (Å²) in [5, 5.41) is 13.8. The smallest absolute Gasteiger partial charge is 0.284 e. The molecule has 0 spiro atoms. The predicted octanol–water partition coefficient (Wildman–Crippen LogP) is 3.86. The number of hydrogen-bond donors (Lipinski definition) is 1. The molecule has 2 aromatic rings. The topological polar surface area (TPSA) is 81.5 Å². The monoisotopic (exact) mass is 392 g/mol. The Kier molecular flexibility index (Phi) is 6.05. The van der Waals surface area contributed by atoms with Gasteiger partial charge in [0.15, 0.2) is 0 Å². The highest BCUT2D eigenvalue weighted by Crippen LogP contribution is 2.26. The predicted molar refractivity (Wildman–Crippen MR) is 93.9 cm³/mol. The number of hydrogen-bond acceptors (Lipinski definition) is 4. The zero-order valence-corrected chi connectivity index (χ0v) is 14.8. The average Bonchev–Trinajstić information content (AvgIpc) is 2.56. The number of ether oxygens (including phenoxy) is 1. The molecule has 0 fully saturated rings. The third-order valence-corrected chi connectivity index (χ3v) is 4.27. The minimum absolute atomic E-state index is 0.151. The van der Waals surface area contributed by atoms with Crippen molar-refractivity contribution in [1.29, 1.82) is 0 Å². The van der Waals surface area contributed by atoms with E-state index in [9.17, 15) is 14.9 Å². The Morgan fingerprint density at radius 3 is 2.50 bits per heavy atom. The summed E-state index contributed by atoms with van der Waals surface area (Å²) in [6, 6.07) is 13.5. The number of carbonyl (C=O) groups is 1. The fourth-order valence-electron chi connectivity index (χ4n) is 2.43. The van der Waals surface area contributed by atoms with E-state index in [0.717, 1.165) is 5.56 Å². The molecule has 2 atom stereocenters. The number of halogens is 1. The maximum atomic E-state index is 12.4. The largest absolute Gasteiger partial charge is 0.375 e. The van der Waals surface area contributed by atoms with E-state index in [1.54, 1.807) is 7.11 Å². The number of methoxy groups -OCH3 is 1. The van der Waals surface area contributed by atoms with Gasteiger partial charge in [0.1, 0.15) is 6.10 Å². The van der Waals surface area contributed by atoms with Crippen molar-refractivity contribution in [3.05, 3.63) is 74.2 Å². The van der Waals surface area contributed by atoms with Crippen LogP contribution in [0, 0.1) is 10.1 Å². The van der Waals surface area contributed by atoms with Gasteiger partial charge in [-0.15, -0.1) is 0 Å². The average molecular weight is 393 g/mol. The molecule has 0 aliphatic rings. The van der Waals surface area contributed by atoms with E-state index in [-0.39, 0.29) is 23.4 Å². The van der Waals surface area contributed by atoms with Crippen LogP contribution in [0.25, 0.3) is 0 Å². The minimum Gasteiger partial charge on any atom is -0.375 e. The quantitative estimate of drug-likeness (QED) is 0.597. The third kappa shape index (κ3) is 4.18. The molecule has 0 saturated heterocycles. The molecule has 126 valence electrons. The lowest BCUT2D eigenvalue weighted by Gasteiger charge is -2.24. The second kappa shape index (κ2) is 8.03. The van der Waals surface area contributed by atoms with Crippen LogP contribution in [0.4, 0.5) is 5.69 Å². The van der Waals surface area contributed by atoms with Crippen LogP contribution in [0.2, 0.25) is 0 Å². The molecule has 2 aromatic carbocycles. The van der Waals surface area contributed by atoms with Gasteiger partial charge in [-0.2, -0.15) is 0 Å². The van der Waals surface area contributed by atoms with Crippen molar-refractivity contribution < 1.29 is 14.5 Å². The summed E-state index contributed by atoms with van der Waals surface area (Å²) in [5.41, 5.74) is 1.01. The molecule has 0 radical (unpaired) electrons. The standard InChI is InChI=1S/C17H17BrN2O4/c1-11(16(24-2)12-6-4-3-5-7-12)19-17(21)13-8-9-14(18)15(10-13)20(22)23/h3-11,16H,1-2H3,(H,19,21). The van der Waals surface area contributed by atoms with Gasteiger partial charge < -0.3 is 10.1 Å². The molecule has 1 N–H and O–H groups in total. The van der Waals surface area contributed by atoms with Crippen molar-refractivity contribution in [2.45, 2.75) is 19.1 Å². The van der Waals surface area contributed by atoms with Gasteiger partial charge in [-0.3, -0.25) is 14.9 Å². The molecule has 24 heavy (non-hydrogen) atoms. The molecule has 2 unspecified atom stereocenters. The van der Waals surface area contributed by atoms with E-state index >= 15 is 0 Å². The van der Waals surface area contributed by atoms with E-state index < -0.39 is 10.8 Å². The normalized spacial score (nSPS) is 13.1. The molecule has 0 aliphatic heterocycles. The Balaban J connectivity index is 2.16. The Bertz CT molecular complexity index is 737. The van der Waals surface area contributed by atoms with Crippen LogP contribution >= 0.6 is 15.9 Å². The zero-order valence-electron chi connectivity index (χ0n) is 13.2. The Morgan fingerprint density at radius 1 is 1.25 bits per heavy atom. The van der Waals surface area contributed by atoms with E-state index in [4.69, 9.17) is 4.74 Å². The highest BCUT2D eigenvalue weighted by atomic mass is 79.9. The van der Waals surface area contributed by atoms with Crippen LogP contribution in [0.1, 0.15) is 28.9 Å². The number of nitrogens with zero attached hydrogens (tertiary/aromatic N) is 1. The number of nitro benzene ring substituents is 1. The summed E-state index contributed by atoms with van der Waals surface area (Å²) >= 11 is 3.10. The Labute approximate surface area is 148 Å². The Morgan fingerprint density at radius 2 is 1.92 bits per heavy atom. The molecule has 1 amide bonds. The van der Waals surface area contributed by atoms with Crippen molar-refractivity contribution in [2.75, 3.05) is 7.11 Å². The van der Waals surface area contributed by atoms with Crippen molar-refractivity contribution >= 4 is 27.5 Å². The van der Waals surface area contributed by atoms with E-state index in [1.807, 2.05) is 37.3 Å². The molecular formula is C17H17BrN2O4. The lowest BCUT2D eigenvalue weighted by Crippen LogP contribution is -2.37. The lowest BCUT2D eigenvalue weighted by atomic mass is 10.0. The van der Waals surface area contributed by atoms with Crippen molar-refractivity contribution in [1.82, 2.24) is 5.32 Å². The lowest BCUT2D eigenvalue weighted by molar-refractivity contribution is -0.385. The maximum absolute atomic E-state index is 12.4. The second-order valence-corrected chi connectivity index (χ2v) is 6.11. The summed E-state index contributed by atoms with van der Waals surface area (Å²) in [7, 11) is 1.57. The first-order valence-electron chi connectivity index (χ1n) is 7.26. The van der Waals surface area contributed by atoms with Gasteiger partial charge >= 0.3 is 0 Å². The molecule has 0 bridgehead atoms.